The molecule has 1 aliphatic carbocycles. The van der Waals surface area contributed by atoms with Gasteiger partial charge in [-0.1, -0.05) is 27.7 Å². The van der Waals surface area contributed by atoms with Crippen molar-refractivity contribution in [3.05, 3.63) is 0 Å². The van der Waals surface area contributed by atoms with Gasteiger partial charge in [-0.2, -0.15) is 0 Å². The topological polar surface area (TPSA) is 37.3 Å². The highest BCUT2D eigenvalue weighted by molar-refractivity contribution is 5.69. The minimum Gasteiger partial charge on any atom is -0.481 e. The molecule has 0 aromatic carbocycles. The Bertz CT molecular complexity index is 220. The van der Waals surface area contributed by atoms with Crippen molar-refractivity contribution in [2.45, 2.75) is 47.0 Å². The fraction of sp³-hybridized carbons (Fsp3) is 0.917. The van der Waals surface area contributed by atoms with Gasteiger partial charge in [-0.05, 0) is 36.5 Å². The highest BCUT2D eigenvalue weighted by Crippen LogP contribution is 2.44. The quantitative estimate of drug-likeness (QED) is 0.740. The summed E-state index contributed by atoms with van der Waals surface area (Å²) < 4.78 is 0. The number of rotatable bonds is 2. The van der Waals surface area contributed by atoms with Gasteiger partial charge in [0.15, 0.2) is 0 Å². The third-order valence-electron chi connectivity index (χ3n) is 3.52. The van der Waals surface area contributed by atoms with E-state index in [0.717, 1.165) is 12.8 Å². The molecule has 2 heteroatoms. The average molecular weight is 198 g/mol. The van der Waals surface area contributed by atoms with Gasteiger partial charge in [0.25, 0.3) is 0 Å². The maximum Gasteiger partial charge on any atom is 0.306 e. The third kappa shape index (κ3) is 2.73. The van der Waals surface area contributed by atoms with E-state index in [1.54, 1.807) is 0 Å². The summed E-state index contributed by atoms with van der Waals surface area (Å²) in [5, 5.41) is 8.99. The molecule has 1 rings (SSSR count). The summed E-state index contributed by atoms with van der Waals surface area (Å²) in [5.41, 5.74) is 0.325. The van der Waals surface area contributed by atoms with Crippen molar-refractivity contribution < 1.29 is 9.90 Å². The largest absolute Gasteiger partial charge is 0.481 e. The Kier molecular flexibility index (Phi) is 3.23. The smallest absolute Gasteiger partial charge is 0.306 e. The molecule has 0 aromatic heterocycles. The van der Waals surface area contributed by atoms with Gasteiger partial charge in [-0.25, -0.2) is 0 Å². The van der Waals surface area contributed by atoms with E-state index in [9.17, 15) is 4.79 Å². The highest BCUT2D eigenvalue weighted by Gasteiger charge is 2.36. The summed E-state index contributed by atoms with van der Waals surface area (Å²) in [4.78, 5) is 10.9. The Morgan fingerprint density at radius 3 is 2.43 bits per heavy atom. The van der Waals surface area contributed by atoms with Crippen LogP contribution in [0.15, 0.2) is 0 Å². The first-order chi connectivity index (χ1) is 6.32. The maximum absolute atomic E-state index is 10.9. The van der Waals surface area contributed by atoms with E-state index in [1.165, 1.54) is 6.42 Å². The van der Waals surface area contributed by atoms with Crippen LogP contribution in [0.3, 0.4) is 0 Å². The van der Waals surface area contributed by atoms with Crippen molar-refractivity contribution in [3.8, 4) is 0 Å². The zero-order valence-corrected chi connectivity index (χ0v) is 9.71. The minimum atomic E-state index is -0.639. The fourth-order valence-electron chi connectivity index (χ4n) is 3.00. The van der Waals surface area contributed by atoms with E-state index >= 15 is 0 Å². The van der Waals surface area contributed by atoms with Gasteiger partial charge in [0.2, 0.25) is 0 Å². The second kappa shape index (κ2) is 3.92. The lowest BCUT2D eigenvalue weighted by Crippen LogP contribution is -2.33. The second-order valence-corrected chi connectivity index (χ2v) is 5.80. The van der Waals surface area contributed by atoms with E-state index in [-0.39, 0.29) is 5.92 Å². The standard InChI is InChI=1S/C12H22O2/c1-8-5-10(9(2)11(13)14)7-12(3,4)6-8/h8-10H,5-7H2,1-4H3,(H,13,14). The molecular weight excluding hydrogens is 176 g/mol. The number of hydrogen-bond donors (Lipinski definition) is 1. The first-order valence-corrected chi connectivity index (χ1v) is 5.54. The molecule has 0 radical (unpaired) electrons. The zero-order valence-electron chi connectivity index (χ0n) is 9.71. The lowest BCUT2D eigenvalue weighted by Gasteiger charge is -2.40. The molecule has 1 aliphatic rings. The van der Waals surface area contributed by atoms with Crippen LogP contribution in [-0.4, -0.2) is 11.1 Å². The first-order valence-electron chi connectivity index (χ1n) is 5.54. The first kappa shape index (κ1) is 11.5. The van der Waals surface area contributed by atoms with Crippen molar-refractivity contribution in [1.82, 2.24) is 0 Å². The SMILES string of the molecule is CC1CC(C(C)C(=O)O)CC(C)(C)C1. The van der Waals surface area contributed by atoms with Gasteiger partial charge < -0.3 is 5.11 Å². The van der Waals surface area contributed by atoms with Crippen LogP contribution in [0.25, 0.3) is 0 Å². The minimum absolute atomic E-state index is 0.183. The number of aliphatic carboxylic acids is 1. The Hall–Kier alpha value is -0.530. The van der Waals surface area contributed by atoms with Crippen LogP contribution in [0, 0.1) is 23.2 Å². The Morgan fingerprint density at radius 1 is 1.43 bits per heavy atom. The van der Waals surface area contributed by atoms with Crippen molar-refractivity contribution in [2.24, 2.45) is 23.2 Å². The van der Waals surface area contributed by atoms with E-state index < -0.39 is 5.97 Å². The fourth-order valence-corrected chi connectivity index (χ4v) is 3.00. The monoisotopic (exact) mass is 198 g/mol. The van der Waals surface area contributed by atoms with Crippen molar-refractivity contribution in [3.63, 3.8) is 0 Å². The van der Waals surface area contributed by atoms with Gasteiger partial charge in [0.1, 0.15) is 0 Å². The molecule has 14 heavy (non-hydrogen) atoms. The van der Waals surface area contributed by atoms with Crippen molar-refractivity contribution in [1.29, 1.82) is 0 Å². The molecule has 0 saturated heterocycles. The summed E-state index contributed by atoms with van der Waals surface area (Å²) in [6.07, 6.45) is 3.37. The zero-order chi connectivity index (χ0) is 10.9. The van der Waals surface area contributed by atoms with E-state index in [2.05, 4.69) is 20.8 Å². The molecule has 1 N–H and O–H groups in total. The Balaban J connectivity index is 2.66. The van der Waals surface area contributed by atoms with Gasteiger partial charge in [0.05, 0.1) is 5.92 Å². The lowest BCUT2D eigenvalue weighted by molar-refractivity contribution is -0.144. The molecule has 0 heterocycles. The number of carbonyl (C=O) groups is 1. The molecule has 0 spiro atoms. The molecule has 0 bridgehead atoms. The maximum atomic E-state index is 10.9. The molecule has 1 saturated carbocycles. The second-order valence-electron chi connectivity index (χ2n) is 5.80. The van der Waals surface area contributed by atoms with E-state index in [1.807, 2.05) is 6.92 Å². The summed E-state index contributed by atoms with van der Waals surface area (Å²) in [7, 11) is 0. The summed E-state index contributed by atoms with van der Waals surface area (Å²) in [6.45, 7) is 8.60. The van der Waals surface area contributed by atoms with E-state index in [4.69, 9.17) is 5.11 Å². The predicted octanol–water partition coefficient (Wildman–Crippen LogP) is 3.17. The summed E-state index contributed by atoms with van der Waals surface area (Å²) >= 11 is 0. The van der Waals surface area contributed by atoms with Crippen molar-refractivity contribution >= 4 is 5.97 Å². The van der Waals surface area contributed by atoms with Crippen LogP contribution in [0.2, 0.25) is 0 Å². The van der Waals surface area contributed by atoms with Crippen LogP contribution in [0.5, 0.6) is 0 Å². The molecule has 3 atom stereocenters. The third-order valence-corrected chi connectivity index (χ3v) is 3.52. The molecular formula is C12H22O2. The summed E-state index contributed by atoms with van der Waals surface area (Å²) in [6, 6.07) is 0. The Morgan fingerprint density at radius 2 is 2.00 bits per heavy atom. The number of carboxylic acid groups (broad SMARTS) is 1. The van der Waals surface area contributed by atoms with Crippen LogP contribution in [0.1, 0.15) is 47.0 Å². The molecule has 0 amide bonds. The van der Waals surface area contributed by atoms with Crippen LogP contribution >= 0.6 is 0 Å². The normalized spacial score (nSPS) is 33.7. The summed E-state index contributed by atoms with van der Waals surface area (Å²) in [5.74, 6) is 0.216. The molecule has 0 aromatic rings. The molecule has 0 aliphatic heterocycles. The molecule has 1 fully saturated rings. The molecule has 3 unspecified atom stereocenters. The number of carboxylic acids is 1. The van der Waals surface area contributed by atoms with Gasteiger partial charge >= 0.3 is 5.97 Å². The van der Waals surface area contributed by atoms with Crippen molar-refractivity contribution in [2.75, 3.05) is 0 Å². The lowest BCUT2D eigenvalue weighted by atomic mass is 9.65. The molecule has 2 nitrogen and oxygen atoms in total. The van der Waals surface area contributed by atoms with Crippen LogP contribution in [-0.2, 0) is 4.79 Å². The highest BCUT2D eigenvalue weighted by atomic mass is 16.4. The van der Waals surface area contributed by atoms with Crippen LogP contribution in [0.4, 0.5) is 0 Å². The average Bonchev–Trinajstić information content (AvgIpc) is 1.98. The Labute approximate surface area is 86.7 Å². The number of hydrogen-bond acceptors (Lipinski definition) is 1. The van der Waals surface area contributed by atoms with Gasteiger partial charge in [-0.15, -0.1) is 0 Å². The molecule has 82 valence electrons. The van der Waals surface area contributed by atoms with Gasteiger partial charge in [-0.3, -0.25) is 4.79 Å². The predicted molar refractivity (Wildman–Crippen MR) is 57.1 cm³/mol. The van der Waals surface area contributed by atoms with Crippen LogP contribution < -0.4 is 0 Å². The van der Waals surface area contributed by atoms with E-state index in [0.29, 0.717) is 17.3 Å². The van der Waals surface area contributed by atoms with Gasteiger partial charge in [0, 0.05) is 0 Å².